The van der Waals surface area contributed by atoms with Crippen molar-refractivity contribution in [3.63, 3.8) is 0 Å². The molecule has 0 saturated carbocycles. The van der Waals surface area contributed by atoms with Crippen LogP contribution in [-0.4, -0.2) is 31.2 Å². The zero-order chi connectivity index (χ0) is 10.6. The number of alkyl halides is 3. The average Bonchev–Trinajstić information content (AvgIpc) is 1.96. The van der Waals surface area contributed by atoms with Crippen LogP contribution in [0.15, 0.2) is 11.8 Å². The van der Waals surface area contributed by atoms with E-state index in [1.165, 1.54) is 0 Å². The Morgan fingerprint density at radius 1 is 1.46 bits per heavy atom. The van der Waals surface area contributed by atoms with Gasteiger partial charge in [0.1, 0.15) is 5.70 Å². The quantitative estimate of drug-likeness (QED) is 0.507. The van der Waals surface area contributed by atoms with Gasteiger partial charge < -0.3 is 0 Å². The van der Waals surface area contributed by atoms with Gasteiger partial charge in [-0.2, -0.15) is 13.2 Å². The van der Waals surface area contributed by atoms with Crippen molar-refractivity contribution >= 4 is 5.78 Å². The lowest BCUT2D eigenvalue weighted by Gasteiger charge is -2.21. The van der Waals surface area contributed by atoms with Gasteiger partial charge in [0, 0.05) is 13.1 Å². The maximum Gasteiger partial charge on any atom is 0.433 e. The molecule has 0 spiro atoms. The maximum atomic E-state index is 12.2. The van der Waals surface area contributed by atoms with Gasteiger partial charge in [-0.15, -0.1) is 0 Å². The van der Waals surface area contributed by atoms with Gasteiger partial charge in [-0.05, 0) is 6.92 Å². The second-order valence-electron chi connectivity index (χ2n) is 2.32. The minimum Gasteiger partial charge on any atom is -0.295 e. The SMILES string of the molecule is CON(C)/C(=C\C(C)=O)C(F)(F)F. The summed E-state index contributed by atoms with van der Waals surface area (Å²) in [5.74, 6) is -0.684. The predicted octanol–water partition coefficient (Wildman–Crippen LogP) is 1.51. The van der Waals surface area contributed by atoms with Crippen LogP contribution in [0.25, 0.3) is 0 Å². The fourth-order valence-electron chi connectivity index (χ4n) is 0.642. The van der Waals surface area contributed by atoms with Crippen molar-refractivity contribution in [1.29, 1.82) is 0 Å². The van der Waals surface area contributed by atoms with Crippen molar-refractivity contribution < 1.29 is 22.8 Å². The Labute approximate surface area is 73.7 Å². The molecular formula is C7H10F3NO2. The number of ketones is 1. The molecule has 0 aliphatic heterocycles. The molecule has 13 heavy (non-hydrogen) atoms. The molecule has 0 N–H and O–H groups in total. The third-order valence-electron chi connectivity index (χ3n) is 1.24. The third kappa shape index (κ3) is 3.93. The van der Waals surface area contributed by atoms with Crippen molar-refractivity contribution in [2.45, 2.75) is 13.1 Å². The van der Waals surface area contributed by atoms with Crippen molar-refractivity contribution in [3.8, 4) is 0 Å². The molecule has 0 radical (unpaired) electrons. The molecule has 0 aromatic heterocycles. The number of halogens is 3. The number of carbonyl (C=O) groups is 1. The summed E-state index contributed by atoms with van der Waals surface area (Å²) < 4.78 is 36.5. The summed E-state index contributed by atoms with van der Waals surface area (Å²) in [4.78, 5) is 14.8. The van der Waals surface area contributed by atoms with Crippen LogP contribution in [0.5, 0.6) is 0 Å². The van der Waals surface area contributed by atoms with E-state index in [-0.39, 0.29) is 0 Å². The van der Waals surface area contributed by atoms with E-state index in [0.29, 0.717) is 11.1 Å². The second kappa shape index (κ2) is 4.27. The van der Waals surface area contributed by atoms with Gasteiger partial charge in [-0.25, -0.2) is 0 Å². The highest BCUT2D eigenvalue weighted by Gasteiger charge is 2.37. The normalized spacial score (nSPS) is 12.9. The first kappa shape index (κ1) is 12.0. The minimum atomic E-state index is -4.59. The van der Waals surface area contributed by atoms with Crippen LogP contribution in [0, 0.1) is 0 Å². The molecule has 76 valence electrons. The smallest absolute Gasteiger partial charge is 0.295 e. The van der Waals surface area contributed by atoms with Crippen molar-refractivity contribution in [3.05, 3.63) is 11.8 Å². The number of nitrogens with zero attached hydrogens (tertiary/aromatic N) is 1. The van der Waals surface area contributed by atoms with Gasteiger partial charge in [-0.1, -0.05) is 0 Å². The topological polar surface area (TPSA) is 29.5 Å². The lowest BCUT2D eigenvalue weighted by atomic mass is 10.3. The van der Waals surface area contributed by atoms with Gasteiger partial charge in [0.25, 0.3) is 0 Å². The van der Waals surface area contributed by atoms with Crippen LogP contribution in [0.2, 0.25) is 0 Å². The Hall–Kier alpha value is -1.04. The molecule has 3 nitrogen and oxygen atoms in total. The highest BCUT2D eigenvalue weighted by atomic mass is 19.4. The first-order valence-corrected chi connectivity index (χ1v) is 3.36. The summed E-state index contributed by atoms with van der Waals surface area (Å²) >= 11 is 0. The van der Waals surface area contributed by atoms with Gasteiger partial charge in [0.15, 0.2) is 5.78 Å². The van der Waals surface area contributed by atoms with Crippen LogP contribution in [-0.2, 0) is 9.63 Å². The molecule has 0 fully saturated rings. The molecule has 0 atom stereocenters. The Morgan fingerprint density at radius 3 is 2.15 bits per heavy atom. The zero-order valence-electron chi connectivity index (χ0n) is 7.47. The number of rotatable bonds is 3. The van der Waals surface area contributed by atoms with Crippen molar-refractivity contribution in [2.75, 3.05) is 14.2 Å². The molecule has 0 bridgehead atoms. The number of hydrogen-bond donors (Lipinski definition) is 0. The molecule has 0 aromatic rings. The largest absolute Gasteiger partial charge is 0.433 e. The van der Waals surface area contributed by atoms with E-state index in [9.17, 15) is 18.0 Å². The molecule has 0 aliphatic rings. The molecule has 6 heteroatoms. The first-order chi connectivity index (χ1) is 5.79. The van der Waals surface area contributed by atoms with Crippen LogP contribution in [0.3, 0.4) is 0 Å². The van der Waals surface area contributed by atoms with Crippen LogP contribution in [0.1, 0.15) is 6.92 Å². The van der Waals surface area contributed by atoms with Crippen molar-refractivity contribution in [2.24, 2.45) is 0 Å². The molecular weight excluding hydrogens is 187 g/mol. The summed E-state index contributed by atoms with van der Waals surface area (Å²) in [6, 6.07) is 0. The van der Waals surface area contributed by atoms with Crippen LogP contribution in [0.4, 0.5) is 13.2 Å². The summed E-state index contributed by atoms with van der Waals surface area (Å²) in [7, 11) is 2.15. The molecule has 0 saturated heterocycles. The molecule has 0 amide bonds. The molecule has 0 rings (SSSR count). The molecule has 0 heterocycles. The van der Waals surface area contributed by atoms with Gasteiger partial charge >= 0.3 is 6.18 Å². The highest BCUT2D eigenvalue weighted by Crippen LogP contribution is 2.27. The monoisotopic (exact) mass is 197 g/mol. The number of hydroxylamine groups is 2. The summed E-state index contributed by atoms with van der Waals surface area (Å²) in [6.45, 7) is 1.04. The van der Waals surface area contributed by atoms with Crippen LogP contribution >= 0.6 is 0 Å². The predicted molar refractivity (Wildman–Crippen MR) is 39.6 cm³/mol. The Kier molecular flexibility index (Phi) is 3.93. The highest BCUT2D eigenvalue weighted by molar-refractivity contribution is 5.88. The standard InChI is InChI=1S/C7H10F3NO2/c1-5(12)4-6(7(8,9)10)11(2)13-3/h4H,1-3H3/b6-4-. The maximum absolute atomic E-state index is 12.2. The summed E-state index contributed by atoms with van der Waals surface area (Å²) in [5.41, 5.74) is -1.12. The van der Waals surface area contributed by atoms with E-state index in [1.54, 1.807) is 0 Å². The fourth-order valence-corrected chi connectivity index (χ4v) is 0.642. The third-order valence-corrected chi connectivity index (χ3v) is 1.24. The van der Waals surface area contributed by atoms with E-state index in [0.717, 1.165) is 21.1 Å². The van der Waals surface area contributed by atoms with Crippen molar-refractivity contribution in [1.82, 2.24) is 5.06 Å². The first-order valence-electron chi connectivity index (χ1n) is 3.36. The molecule has 0 unspecified atom stereocenters. The molecule has 0 aliphatic carbocycles. The second-order valence-corrected chi connectivity index (χ2v) is 2.32. The van der Waals surface area contributed by atoms with E-state index >= 15 is 0 Å². The van der Waals surface area contributed by atoms with E-state index in [2.05, 4.69) is 4.84 Å². The van der Waals surface area contributed by atoms with Gasteiger partial charge in [0.05, 0.1) is 7.11 Å². The van der Waals surface area contributed by atoms with E-state index in [4.69, 9.17) is 0 Å². The Morgan fingerprint density at radius 2 is 1.92 bits per heavy atom. The summed E-state index contributed by atoms with van der Waals surface area (Å²) in [5, 5.41) is 0.487. The fraction of sp³-hybridized carbons (Fsp3) is 0.571. The Bertz CT molecular complexity index is 222. The summed E-state index contributed by atoms with van der Waals surface area (Å²) in [6.07, 6.45) is -4.11. The minimum absolute atomic E-state index is 0.476. The number of allylic oxidation sites excluding steroid dienone is 2. The zero-order valence-corrected chi connectivity index (χ0v) is 7.47. The van der Waals surface area contributed by atoms with Crippen LogP contribution < -0.4 is 0 Å². The molecule has 0 aromatic carbocycles. The Balaban J connectivity index is 4.87. The average molecular weight is 197 g/mol. The lowest BCUT2D eigenvalue weighted by Crippen LogP contribution is -2.28. The van der Waals surface area contributed by atoms with Gasteiger partial charge in [-0.3, -0.25) is 14.7 Å². The van der Waals surface area contributed by atoms with E-state index in [1.807, 2.05) is 0 Å². The number of carbonyl (C=O) groups excluding carboxylic acids is 1. The number of hydrogen-bond acceptors (Lipinski definition) is 3. The van der Waals surface area contributed by atoms with E-state index < -0.39 is 17.7 Å². The van der Waals surface area contributed by atoms with Gasteiger partial charge in [0.2, 0.25) is 0 Å². The lowest BCUT2D eigenvalue weighted by molar-refractivity contribution is -0.170.